The van der Waals surface area contributed by atoms with Gasteiger partial charge in [-0.2, -0.15) is 0 Å². The Morgan fingerprint density at radius 2 is 2.05 bits per heavy atom. The second kappa shape index (κ2) is 8.32. The first-order chi connectivity index (χ1) is 10.7. The Morgan fingerprint density at radius 3 is 2.73 bits per heavy atom. The SMILES string of the molecule is COc1ccccc1C=CCN(C)CC1(CO)CCOCC1. The predicted octanol–water partition coefficient (Wildman–Crippen LogP) is 2.43. The van der Waals surface area contributed by atoms with E-state index in [0.29, 0.717) is 0 Å². The molecule has 1 aromatic carbocycles. The number of rotatable bonds is 7. The molecule has 1 aliphatic rings. The highest BCUT2D eigenvalue weighted by Gasteiger charge is 2.32. The molecular weight excluding hydrogens is 278 g/mol. The number of aliphatic hydroxyl groups is 1. The van der Waals surface area contributed by atoms with E-state index in [1.54, 1.807) is 7.11 Å². The molecule has 2 rings (SSSR count). The van der Waals surface area contributed by atoms with Gasteiger partial charge in [0.15, 0.2) is 0 Å². The number of likely N-dealkylation sites (N-methyl/N-ethyl adjacent to an activating group) is 1. The smallest absolute Gasteiger partial charge is 0.126 e. The predicted molar refractivity (Wildman–Crippen MR) is 89.1 cm³/mol. The molecular formula is C18H27NO3. The van der Waals surface area contributed by atoms with Crippen LogP contribution in [0.4, 0.5) is 0 Å². The first-order valence-corrected chi connectivity index (χ1v) is 7.86. The molecule has 0 bridgehead atoms. The first kappa shape index (κ1) is 17.0. The summed E-state index contributed by atoms with van der Waals surface area (Å²) in [5.41, 5.74) is 1.08. The van der Waals surface area contributed by atoms with Crippen molar-refractivity contribution in [3.05, 3.63) is 35.9 Å². The Labute approximate surface area is 133 Å². The van der Waals surface area contributed by atoms with Gasteiger partial charge < -0.3 is 19.5 Å². The van der Waals surface area contributed by atoms with Gasteiger partial charge in [0.25, 0.3) is 0 Å². The van der Waals surface area contributed by atoms with E-state index in [2.05, 4.69) is 24.1 Å². The number of hydrogen-bond acceptors (Lipinski definition) is 4. The van der Waals surface area contributed by atoms with E-state index >= 15 is 0 Å². The molecule has 1 N–H and O–H groups in total. The van der Waals surface area contributed by atoms with Gasteiger partial charge in [0.2, 0.25) is 0 Å². The minimum absolute atomic E-state index is 0.00865. The van der Waals surface area contributed by atoms with Crippen molar-refractivity contribution in [1.29, 1.82) is 0 Å². The van der Waals surface area contributed by atoms with Gasteiger partial charge in [-0.25, -0.2) is 0 Å². The number of hydrogen-bond donors (Lipinski definition) is 1. The summed E-state index contributed by atoms with van der Waals surface area (Å²) >= 11 is 0. The third-order valence-electron chi connectivity index (χ3n) is 4.35. The van der Waals surface area contributed by atoms with Crippen LogP contribution in [0.25, 0.3) is 6.08 Å². The Balaban J connectivity index is 1.89. The molecule has 0 saturated carbocycles. The van der Waals surface area contributed by atoms with Gasteiger partial charge in [-0.3, -0.25) is 0 Å². The third kappa shape index (κ3) is 4.57. The summed E-state index contributed by atoms with van der Waals surface area (Å²) in [6, 6.07) is 7.99. The van der Waals surface area contributed by atoms with E-state index in [-0.39, 0.29) is 12.0 Å². The molecule has 1 heterocycles. The zero-order valence-corrected chi connectivity index (χ0v) is 13.6. The van der Waals surface area contributed by atoms with Crippen LogP contribution in [0, 0.1) is 5.41 Å². The molecule has 1 aliphatic heterocycles. The molecule has 0 spiro atoms. The molecule has 0 atom stereocenters. The van der Waals surface area contributed by atoms with Gasteiger partial charge in [0, 0.05) is 37.3 Å². The van der Waals surface area contributed by atoms with Crippen LogP contribution in [-0.2, 0) is 4.74 Å². The fourth-order valence-corrected chi connectivity index (χ4v) is 2.97. The molecule has 0 aliphatic carbocycles. The van der Waals surface area contributed by atoms with Gasteiger partial charge in [-0.15, -0.1) is 0 Å². The number of ether oxygens (including phenoxy) is 2. The molecule has 122 valence electrons. The molecule has 4 nitrogen and oxygen atoms in total. The molecule has 22 heavy (non-hydrogen) atoms. The average Bonchev–Trinajstić information content (AvgIpc) is 2.56. The third-order valence-corrected chi connectivity index (χ3v) is 4.35. The van der Waals surface area contributed by atoms with Crippen LogP contribution >= 0.6 is 0 Å². The molecule has 1 aromatic rings. The van der Waals surface area contributed by atoms with Gasteiger partial charge in [0.1, 0.15) is 5.75 Å². The highest BCUT2D eigenvalue weighted by molar-refractivity contribution is 5.57. The lowest BCUT2D eigenvalue weighted by atomic mass is 9.80. The standard InChI is InChI=1S/C18H27NO3/c1-19(14-18(15-20)9-12-22-13-10-18)11-5-7-16-6-3-4-8-17(16)21-2/h3-8,20H,9-15H2,1-2H3. The maximum Gasteiger partial charge on any atom is 0.126 e. The summed E-state index contributed by atoms with van der Waals surface area (Å²) < 4.78 is 10.8. The van der Waals surface area contributed by atoms with Crippen LogP contribution in [0.5, 0.6) is 5.75 Å². The Kier molecular flexibility index (Phi) is 6.43. The number of nitrogens with zero attached hydrogens (tertiary/aromatic N) is 1. The fraction of sp³-hybridized carbons (Fsp3) is 0.556. The average molecular weight is 305 g/mol. The molecule has 0 amide bonds. The minimum atomic E-state index is -0.00865. The second-order valence-electron chi connectivity index (χ2n) is 6.11. The quantitative estimate of drug-likeness (QED) is 0.840. The molecule has 0 unspecified atom stereocenters. The van der Waals surface area contributed by atoms with Gasteiger partial charge in [0.05, 0.1) is 13.7 Å². The molecule has 4 heteroatoms. The fourth-order valence-electron chi connectivity index (χ4n) is 2.97. The highest BCUT2D eigenvalue weighted by atomic mass is 16.5. The molecule has 1 fully saturated rings. The van der Waals surface area contributed by atoms with Crippen LogP contribution in [0.2, 0.25) is 0 Å². The van der Waals surface area contributed by atoms with Gasteiger partial charge >= 0.3 is 0 Å². The largest absolute Gasteiger partial charge is 0.496 e. The summed E-state index contributed by atoms with van der Waals surface area (Å²) in [5.74, 6) is 0.887. The van der Waals surface area contributed by atoms with Crippen LogP contribution in [0.3, 0.4) is 0 Å². The van der Waals surface area contributed by atoms with E-state index in [0.717, 1.165) is 50.5 Å². The zero-order valence-electron chi connectivity index (χ0n) is 13.6. The normalized spacial score (nSPS) is 18.0. The van der Waals surface area contributed by atoms with Crippen LogP contribution in [0.1, 0.15) is 18.4 Å². The number of aliphatic hydroxyl groups excluding tert-OH is 1. The van der Waals surface area contributed by atoms with E-state index in [1.165, 1.54) is 0 Å². The van der Waals surface area contributed by atoms with Crippen LogP contribution in [0.15, 0.2) is 30.3 Å². The minimum Gasteiger partial charge on any atom is -0.496 e. The van der Waals surface area contributed by atoms with Crippen molar-refractivity contribution in [1.82, 2.24) is 4.90 Å². The summed E-state index contributed by atoms with van der Waals surface area (Å²) in [5, 5.41) is 9.75. The summed E-state index contributed by atoms with van der Waals surface area (Å²) in [7, 11) is 3.79. The van der Waals surface area contributed by atoms with Gasteiger partial charge in [-0.05, 0) is 26.0 Å². The monoisotopic (exact) mass is 305 g/mol. The van der Waals surface area contributed by atoms with Crippen molar-refractivity contribution in [3.8, 4) is 5.75 Å². The van der Waals surface area contributed by atoms with Crippen molar-refractivity contribution in [2.45, 2.75) is 12.8 Å². The van der Waals surface area contributed by atoms with E-state index in [1.807, 2.05) is 24.3 Å². The maximum atomic E-state index is 9.75. The van der Waals surface area contributed by atoms with Crippen molar-refractivity contribution < 1.29 is 14.6 Å². The zero-order chi connectivity index (χ0) is 15.8. The van der Waals surface area contributed by atoms with E-state index in [4.69, 9.17) is 9.47 Å². The molecule has 0 aromatic heterocycles. The molecule has 0 radical (unpaired) electrons. The van der Waals surface area contributed by atoms with E-state index < -0.39 is 0 Å². The van der Waals surface area contributed by atoms with Crippen LogP contribution < -0.4 is 4.74 Å². The Morgan fingerprint density at radius 1 is 1.32 bits per heavy atom. The molecule has 1 saturated heterocycles. The first-order valence-electron chi connectivity index (χ1n) is 7.86. The summed E-state index contributed by atoms with van der Waals surface area (Å²) in [4.78, 5) is 2.26. The van der Waals surface area contributed by atoms with Crippen molar-refractivity contribution in [3.63, 3.8) is 0 Å². The lowest BCUT2D eigenvalue weighted by Crippen LogP contribution is -2.42. The number of para-hydroxylation sites is 1. The summed E-state index contributed by atoms with van der Waals surface area (Å²) in [6.45, 7) is 3.48. The Bertz CT molecular complexity index is 481. The van der Waals surface area contributed by atoms with Crippen molar-refractivity contribution >= 4 is 6.08 Å². The Hall–Kier alpha value is -1.36. The van der Waals surface area contributed by atoms with Crippen LogP contribution in [-0.4, -0.2) is 57.1 Å². The number of methoxy groups -OCH3 is 1. The van der Waals surface area contributed by atoms with Gasteiger partial charge in [-0.1, -0.05) is 30.4 Å². The lowest BCUT2D eigenvalue weighted by Gasteiger charge is -2.38. The lowest BCUT2D eigenvalue weighted by molar-refractivity contribution is -0.0295. The van der Waals surface area contributed by atoms with E-state index in [9.17, 15) is 5.11 Å². The summed E-state index contributed by atoms with van der Waals surface area (Å²) in [6.07, 6.45) is 6.10. The topological polar surface area (TPSA) is 41.9 Å². The maximum absolute atomic E-state index is 9.75. The second-order valence-corrected chi connectivity index (χ2v) is 6.11. The number of benzene rings is 1. The highest BCUT2D eigenvalue weighted by Crippen LogP contribution is 2.30. The van der Waals surface area contributed by atoms with Crippen molar-refractivity contribution in [2.75, 3.05) is 47.1 Å². The van der Waals surface area contributed by atoms with Crippen molar-refractivity contribution in [2.24, 2.45) is 5.41 Å².